The number of benzene rings is 1. The number of hydrogen-bond donors (Lipinski definition) is 2. The van der Waals surface area contributed by atoms with Gasteiger partial charge in [-0.2, -0.15) is 0 Å². The van der Waals surface area contributed by atoms with Crippen molar-refractivity contribution in [3.63, 3.8) is 0 Å². The molecule has 0 fully saturated rings. The summed E-state index contributed by atoms with van der Waals surface area (Å²) in [6.07, 6.45) is 0. The van der Waals surface area contributed by atoms with E-state index in [4.69, 9.17) is 5.84 Å². The van der Waals surface area contributed by atoms with Gasteiger partial charge in [-0.25, -0.2) is 14.2 Å². The second kappa shape index (κ2) is 5.20. The second-order valence-corrected chi connectivity index (χ2v) is 3.97. The molecular formula is C13H13F2N3. The lowest BCUT2D eigenvalue weighted by atomic mass is 10.0. The molecule has 0 aliphatic carbocycles. The van der Waals surface area contributed by atoms with Crippen LogP contribution in [0.2, 0.25) is 0 Å². The van der Waals surface area contributed by atoms with E-state index in [-0.39, 0.29) is 5.56 Å². The summed E-state index contributed by atoms with van der Waals surface area (Å²) in [7, 11) is 0. The topological polar surface area (TPSA) is 50.9 Å². The predicted octanol–water partition coefficient (Wildman–Crippen LogP) is 2.22. The molecule has 0 amide bonds. The molecule has 0 saturated carbocycles. The zero-order valence-electron chi connectivity index (χ0n) is 9.82. The molecule has 2 aromatic rings. The first kappa shape index (κ1) is 12.6. The van der Waals surface area contributed by atoms with Crippen molar-refractivity contribution in [3.8, 4) is 0 Å². The number of hydrogen-bond acceptors (Lipinski definition) is 3. The van der Waals surface area contributed by atoms with Crippen LogP contribution in [-0.2, 0) is 0 Å². The van der Waals surface area contributed by atoms with E-state index in [1.54, 1.807) is 6.07 Å². The van der Waals surface area contributed by atoms with Gasteiger partial charge in [-0.05, 0) is 25.1 Å². The van der Waals surface area contributed by atoms with Gasteiger partial charge in [0, 0.05) is 17.3 Å². The maximum absolute atomic E-state index is 13.7. The van der Waals surface area contributed by atoms with E-state index < -0.39 is 17.7 Å². The summed E-state index contributed by atoms with van der Waals surface area (Å²) < 4.78 is 26.6. The first-order valence-corrected chi connectivity index (χ1v) is 5.46. The fourth-order valence-corrected chi connectivity index (χ4v) is 1.80. The van der Waals surface area contributed by atoms with Crippen molar-refractivity contribution in [1.82, 2.24) is 10.4 Å². The van der Waals surface area contributed by atoms with E-state index in [1.807, 2.05) is 19.1 Å². The lowest BCUT2D eigenvalue weighted by molar-refractivity contribution is 0.536. The molecule has 1 unspecified atom stereocenters. The maximum atomic E-state index is 13.7. The van der Waals surface area contributed by atoms with Gasteiger partial charge in [0.25, 0.3) is 0 Å². The number of aromatic nitrogens is 1. The molecule has 0 spiro atoms. The van der Waals surface area contributed by atoms with Crippen LogP contribution < -0.4 is 11.3 Å². The average molecular weight is 249 g/mol. The third-order valence-corrected chi connectivity index (χ3v) is 2.65. The summed E-state index contributed by atoms with van der Waals surface area (Å²) in [4.78, 5) is 4.28. The van der Waals surface area contributed by atoms with Crippen molar-refractivity contribution in [1.29, 1.82) is 0 Å². The van der Waals surface area contributed by atoms with Gasteiger partial charge < -0.3 is 0 Å². The number of nitrogens with zero attached hydrogens (tertiary/aromatic N) is 1. The molecule has 1 aromatic heterocycles. The zero-order valence-corrected chi connectivity index (χ0v) is 9.82. The van der Waals surface area contributed by atoms with Crippen LogP contribution in [0.25, 0.3) is 0 Å². The Morgan fingerprint density at radius 3 is 2.61 bits per heavy atom. The first-order chi connectivity index (χ1) is 8.61. The SMILES string of the molecule is Cc1cccc(C(NN)c2ccc(F)cc2F)n1. The molecule has 1 heterocycles. The van der Waals surface area contributed by atoms with Gasteiger partial charge in [0.2, 0.25) is 0 Å². The van der Waals surface area contributed by atoms with Crippen LogP contribution in [0.1, 0.15) is 23.0 Å². The van der Waals surface area contributed by atoms with E-state index in [2.05, 4.69) is 10.4 Å². The summed E-state index contributed by atoms with van der Waals surface area (Å²) in [5, 5.41) is 0. The monoisotopic (exact) mass is 249 g/mol. The highest BCUT2D eigenvalue weighted by atomic mass is 19.1. The average Bonchev–Trinajstić information content (AvgIpc) is 2.33. The molecule has 18 heavy (non-hydrogen) atoms. The Bertz CT molecular complexity index is 558. The normalized spacial score (nSPS) is 12.4. The Morgan fingerprint density at radius 2 is 2.00 bits per heavy atom. The van der Waals surface area contributed by atoms with Crippen LogP contribution in [0.3, 0.4) is 0 Å². The standard InChI is InChI=1S/C13H13F2N3/c1-8-3-2-4-12(17-8)13(18-16)10-6-5-9(14)7-11(10)15/h2-7,13,18H,16H2,1H3. The van der Waals surface area contributed by atoms with Crippen LogP contribution >= 0.6 is 0 Å². The van der Waals surface area contributed by atoms with Crippen LogP contribution in [0.5, 0.6) is 0 Å². The van der Waals surface area contributed by atoms with Crippen LogP contribution in [0.4, 0.5) is 8.78 Å². The number of nitrogens with two attached hydrogens (primary N) is 1. The highest BCUT2D eigenvalue weighted by Crippen LogP contribution is 2.23. The van der Waals surface area contributed by atoms with Gasteiger partial charge in [-0.15, -0.1) is 0 Å². The molecule has 0 radical (unpaired) electrons. The van der Waals surface area contributed by atoms with Crippen molar-refractivity contribution < 1.29 is 8.78 Å². The van der Waals surface area contributed by atoms with E-state index in [0.29, 0.717) is 5.69 Å². The quantitative estimate of drug-likeness (QED) is 0.647. The van der Waals surface area contributed by atoms with Crippen molar-refractivity contribution in [2.24, 2.45) is 5.84 Å². The molecular weight excluding hydrogens is 236 g/mol. The second-order valence-electron chi connectivity index (χ2n) is 3.97. The molecule has 0 aliphatic heterocycles. The summed E-state index contributed by atoms with van der Waals surface area (Å²) in [5.74, 6) is 4.17. The Labute approximate surface area is 104 Å². The molecule has 94 valence electrons. The summed E-state index contributed by atoms with van der Waals surface area (Å²) in [6, 6.07) is 8.15. The Morgan fingerprint density at radius 1 is 1.22 bits per heavy atom. The van der Waals surface area contributed by atoms with E-state index in [0.717, 1.165) is 11.8 Å². The van der Waals surface area contributed by atoms with E-state index in [9.17, 15) is 8.78 Å². The largest absolute Gasteiger partial charge is 0.271 e. The molecule has 0 bridgehead atoms. The fraction of sp³-hybridized carbons (Fsp3) is 0.154. The zero-order chi connectivity index (χ0) is 13.1. The Kier molecular flexibility index (Phi) is 3.64. The number of halogens is 2. The van der Waals surface area contributed by atoms with Crippen molar-refractivity contribution in [2.45, 2.75) is 13.0 Å². The molecule has 2 rings (SSSR count). The van der Waals surface area contributed by atoms with Gasteiger partial charge in [0.05, 0.1) is 11.7 Å². The summed E-state index contributed by atoms with van der Waals surface area (Å²) in [5.41, 5.74) is 4.15. The Hall–Kier alpha value is -1.85. The highest BCUT2D eigenvalue weighted by molar-refractivity contribution is 5.29. The molecule has 1 aromatic carbocycles. The minimum absolute atomic E-state index is 0.261. The van der Waals surface area contributed by atoms with Gasteiger partial charge >= 0.3 is 0 Å². The van der Waals surface area contributed by atoms with Gasteiger partial charge in [0.1, 0.15) is 11.6 Å². The van der Waals surface area contributed by atoms with Crippen molar-refractivity contribution >= 4 is 0 Å². The molecule has 0 aliphatic rings. The van der Waals surface area contributed by atoms with E-state index >= 15 is 0 Å². The molecule has 5 heteroatoms. The van der Waals surface area contributed by atoms with Gasteiger partial charge in [-0.1, -0.05) is 12.1 Å². The lowest BCUT2D eigenvalue weighted by Gasteiger charge is -2.17. The number of nitrogens with one attached hydrogen (secondary N) is 1. The van der Waals surface area contributed by atoms with Crippen molar-refractivity contribution in [2.75, 3.05) is 0 Å². The molecule has 1 atom stereocenters. The third kappa shape index (κ3) is 2.52. The minimum atomic E-state index is -0.652. The number of rotatable bonds is 3. The molecule has 3 N–H and O–H groups in total. The fourth-order valence-electron chi connectivity index (χ4n) is 1.80. The van der Waals surface area contributed by atoms with Crippen LogP contribution in [0.15, 0.2) is 36.4 Å². The molecule has 3 nitrogen and oxygen atoms in total. The smallest absolute Gasteiger partial charge is 0.131 e. The first-order valence-electron chi connectivity index (χ1n) is 5.46. The Balaban J connectivity index is 2.45. The summed E-state index contributed by atoms with van der Waals surface area (Å²) >= 11 is 0. The highest BCUT2D eigenvalue weighted by Gasteiger charge is 2.18. The molecule has 0 saturated heterocycles. The predicted molar refractivity (Wildman–Crippen MR) is 64.5 cm³/mol. The lowest BCUT2D eigenvalue weighted by Crippen LogP contribution is -2.30. The number of aryl methyl sites for hydroxylation is 1. The van der Waals surface area contributed by atoms with Gasteiger partial charge in [0.15, 0.2) is 0 Å². The van der Waals surface area contributed by atoms with Crippen molar-refractivity contribution in [3.05, 3.63) is 65.0 Å². The van der Waals surface area contributed by atoms with Gasteiger partial charge in [-0.3, -0.25) is 10.8 Å². The minimum Gasteiger partial charge on any atom is -0.271 e. The van der Waals surface area contributed by atoms with Crippen LogP contribution in [-0.4, -0.2) is 4.98 Å². The third-order valence-electron chi connectivity index (χ3n) is 2.65. The number of hydrazine groups is 1. The maximum Gasteiger partial charge on any atom is 0.131 e. The van der Waals surface area contributed by atoms with E-state index in [1.165, 1.54) is 12.1 Å². The number of pyridine rings is 1. The van der Waals surface area contributed by atoms with Crippen LogP contribution in [0, 0.1) is 18.6 Å². The summed E-state index contributed by atoms with van der Waals surface area (Å²) in [6.45, 7) is 1.83.